The minimum atomic E-state index is -0.500. The Morgan fingerprint density at radius 2 is 1.68 bits per heavy atom. The molecule has 6 aromatic rings. The molecule has 0 saturated carbocycles. The molecule has 6 rings (SSSR count). The van der Waals surface area contributed by atoms with E-state index in [-0.39, 0.29) is 11.7 Å². The van der Waals surface area contributed by atoms with Gasteiger partial charge in [-0.1, -0.05) is 90.1 Å². The van der Waals surface area contributed by atoms with Crippen molar-refractivity contribution >= 4 is 50.9 Å². The fourth-order valence-electron chi connectivity index (χ4n) is 4.99. The number of benzene rings is 3. The molecule has 44 heavy (non-hydrogen) atoms. The van der Waals surface area contributed by atoms with E-state index in [1.54, 1.807) is 0 Å². The molecular weight excluding hydrogens is 591 g/mol. The van der Waals surface area contributed by atoms with Gasteiger partial charge in [0.25, 0.3) is 0 Å². The average molecular weight is 620 g/mol. The van der Waals surface area contributed by atoms with Crippen molar-refractivity contribution in [2.45, 2.75) is 25.5 Å². The number of carbonyl (C=O) groups excluding carboxylic acids is 2. The van der Waals surface area contributed by atoms with E-state index in [1.807, 2.05) is 109 Å². The number of pyridine rings is 1. The molecule has 0 aliphatic heterocycles. The molecule has 0 aliphatic carbocycles. The van der Waals surface area contributed by atoms with E-state index < -0.39 is 5.97 Å². The molecule has 220 valence electrons. The van der Waals surface area contributed by atoms with Gasteiger partial charge in [0, 0.05) is 34.0 Å². The van der Waals surface area contributed by atoms with Gasteiger partial charge in [-0.05, 0) is 31.5 Å². The summed E-state index contributed by atoms with van der Waals surface area (Å²) in [6.07, 6.45) is 0. The largest absolute Gasteiger partial charge is 0.465 e. The number of carbonyl (C=O) groups is 2. The van der Waals surface area contributed by atoms with Gasteiger partial charge in [-0.15, -0.1) is 21.5 Å². The summed E-state index contributed by atoms with van der Waals surface area (Å²) in [7, 11) is 1.34. The van der Waals surface area contributed by atoms with Crippen LogP contribution in [0.2, 0.25) is 0 Å². The van der Waals surface area contributed by atoms with Crippen molar-refractivity contribution < 1.29 is 14.3 Å². The summed E-state index contributed by atoms with van der Waals surface area (Å²) in [4.78, 5) is 30.8. The Bertz CT molecular complexity index is 1970. The average Bonchev–Trinajstić information content (AvgIpc) is 3.67. The number of amides is 1. The first kappa shape index (κ1) is 29.3. The Balaban J connectivity index is 1.26. The summed E-state index contributed by atoms with van der Waals surface area (Å²) in [5.41, 5.74) is 6.71. The molecule has 0 bridgehead atoms. The van der Waals surface area contributed by atoms with Crippen molar-refractivity contribution in [2.24, 2.45) is 0 Å². The smallest absolute Gasteiger partial charge is 0.341 e. The maximum absolute atomic E-state index is 13.1. The van der Waals surface area contributed by atoms with Crippen molar-refractivity contribution in [2.75, 3.05) is 18.2 Å². The lowest BCUT2D eigenvalue weighted by Crippen LogP contribution is -2.16. The fraction of sp³-hybridized carbons (Fsp3) is 0.147. The van der Waals surface area contributed by atoms with Crippen LogP contribution < -0.4 is 5.32 Å². The van der Waals surface area contributed by atoms with Crippen LogP contribution in [0.3, 0.4) is 0 Å². The summed E-state index contributed by atoms with van der Waals surface area (Å²) in [5, 5.41) is 15.9. The van der Waals surface area contributed by atoms with Gasteiger partial charge in [0.1, 0.15) is 10.6 Å². The molecule has 3 aromatic carbocycles. The number of aryl methyl sites for hydroxylation is 1. The first-order valence-electron chi connectivity index (χ1n) is 14.0. The number of rotatable bonds is 9. The SMILES string of the molecule is CCn1c(SCC(=O)Nc2scc(-c3ccc(C)cc3)c2C(=O)OC)nnc1-c1cc(-c2ccccc2)nc2ccccc12. The number of thioether (sulfide) groups is 1. The van der Waals surface area contributed by atoms with Crippen LogP contribution in [0, 0.1) is 6.92 Å². The lowest BCUT2D eigenvalue weighted by Gasteiger charge is -2.12. The second kappa shape index (κ2) is 12.8. The number of para-hydroxylation sites is 1. The standard InChI is InChI=1S/C34H29N5O3S2/c1-4-39-31(25-18-28(23-10-6-5-7-11-23)35-27-13-9-8-12-24(25)27)37-38-34(39)44-20-29(40)36-32-30(33(41)42-3)26(19-43-32)22-16-14-21(2)15-17-22/h5-19H,4,20H2,1-3H3,(H,36,40). The molecule has 1 N–H and O–H groups in total. The molecule has 0 spiro atoms. The molecule has 0 saturated heterocycles. The quantitative estimate of drug-likeness (QED) is 0.131. The van der Waals surface area contributed by atoms with Gasteiger partial charge in [-0.2, -0.15) is 0 Å². The molecule has 0 fully saturated rings. The normalized spacial score (nSPS) is 11.1. The summed E-state index contributed by atoms with van der Waals surface area (Å²) in [6, 6.07) is 28.0. The molecular formula is C34H29N5O3S2. The maximum Gasteiger partial charge on any atom is 0.341 e. The van der Waals surface area contributed by atoms with E-state index >= 15 is 0 Å². The van der Waals surface area contributed by atoms with E-state index in [4.69, 9.17) is 9.72 Å². The van der Waals surface area contributed by atoms with Gasteiger partial charge < -0.3 is 14.6 Å². The minimum absolute atomic E-state index is 0.0862. The molecule has 0 radical (unpaired) electrons. The van der Waals surface area contributed by atoms with Crippen molar-refractivity contribution in [1.29, 1.82) is 0 Å². The molecule has 8 nitrogen and oxygen atoms in total. The third-order valence-electron chi connectivity index (χ3n) is 7.19. The first-order valence-corrected chi connectivity index (χ1v) is 15.9. The number of nitrogens with one attached hydrogen (secondary N) is 1. The van der Waals surface area contributed by atoms with Gasteiger partial charge in [-0.3, -0.25) is 4.79 Å². The molecule has 0 aliphatic rings. The monoisotopic (exact) mass is 619 g/mol. The molecule has 3 heterocycles. The third-order valence-corrected chi connectivity index (χ3v) is 9.05. The van der Waals surface area contributed by atoms with Crippen LogP contribution in [-0.4, -0.2) is 44.5 Å². The molecule has 3 aromatic heterocycles. The zero-order chi connectivity index (χ0) is 30.6. The van der Waals surface area contributed by atoms with Crippen LogP contribution in [0.5, 0.6) is 0 Å². The highest BCUT2D eigenvalue weighted by atomic mass is 32.2. The number of hydrogen-bond acceptors (Lipinski definition) is 8. The number of esters is 1. The van der Waals surface area contributed by atoms with Gasteiger partial charge in [0.15, 0.2) is 11.0 Å². The van der Waals surface area contributed by atoms with Crippen molar-refractivity contribution in [3.8, 4) is 33.8 Å². The minimum Gasteiger partial charge on any atom is -0.465 e. The van der Waals surface area contributed by atoms with Crippen LogP contribution in [0.15, 0.2) is 95.5 Å². The summed E-state index contributed by atoms with van der Waals surface area (Å²) in [5.74, 6) is 0.0354. The number of nitrogens with zero attached hydrogens (tertiary/aromatic N) is 4. The number of methoxy groups -OCH3 is 1. The van der Waals surface area contributed by atoms with Gasteiger partial charge in [-0.25, -0.2) is 9.78 Å². The molecule has 0 unspecified atom stereocenters. The number of anilines is 1. The van der Waals surface area contributed by atoms with Crippen molar-refractivity contribution in [3.05, 3.63) is 101 Å². The van der Waals surface area contributed by atoms with Gasteiger partial charge >= 0.3 is 5.97 Å². The predicted octanol–water partition coefficient (Wildman–Crippen LogP) is 7.73. The maximum atomic E-state index is 13.1. The van der Waals surface area contributed by atoms with E-state index in [9.17, 15) is 9.59 Å². The summed E-state index contributed by atoms with van der Waals surface area (Å²) in [6.45, 7) is 4.64. The lowest BCUT2D eigenvalue weighted by molar-refractivity contribution is -0.113. The summed E-state index contributed by atoms with van der Waals surface area (Å²) >= 11 is 2.59. The van der Waals surface area contributed by atoms with E-state index in [2.05, 4.69) is 15.5 Å². The molecule has 10 heteroatoms. The lowest BCUT2D eigenvalue weighted by atomic mass is 10.0. The van der Waals surface area contributed by atoms with Crippen LogP contribution in [-0.2, 0) is 16.1 Å². The van der Waals surface area contributed by atoms with Gasteiger partial charge in [0.05, 0.1) is 24.1 Å². The zero-order valence-corrected chi connectivity index (χ0v) is 26.0. The molecule has 0 atom stereocenters. The van der Waals surface area contributed by atoms with Crippen LogP contribution in [0.1, 0.15) is 22.8 Å². The Morgan fingerprint density at radius 1 is 0.932 bits per heavy atom. The Labute approximate surface area is 263 Å². The number of aromatic nitrogens is 4. The highest BCUT2D eigenvalue weighted by Crippen LogP contribution is 2.37. The second-order valence-corrected chi connectivity index (χ2v) is 11.9. The van der Waals surface area contributed by atoms with E-state index in [1.165, 1.54) is 30.2 Å². The first-order chi connectivity index (χ1) is 21.5. The van der Waals surface area contributed by atoms with Crippen molar-refractivity contribution in [3.63, 3.8) is 0 Å². The van der Waals surface area contributed by atoms with Crippen molar-refractivity contribution in [1.82, 2.24) is 19.7 Å². The number of fused-ring (bicyclic) bond motifs is 1. The zero-order valence-electron chi connectivity index (χ0n) is 24.4. The Morgan fingerprint density at radius 3 is 2.43 bits per heavy atom. The van der Waals surface area contributed by atoms with Crippen LogP contribution in [0.25, 0.3) is 44.7 Å². The predicted molar refractivity (Wildman–Crippen MR) is 177 cm³/mol. The van der Waals surface area contributed by atoms with Crippen LogP contribution in [0.4, 0.5) is 5.00 Å². The third kappa shape index (κ3) is 5.86. The fourth-order valence-corrected chi connectivity index (χ4v) is 6.77. The summed E-state index contributed by atoms with van der Waals surface area (Å²) < 4.78 is 7.07. The van der Waals surface area contributed by atoms with E-state index in [0.717, 1.165) is 44.4 Å². The Kier molecular flexibility index (Phi) is 8.53. The number of hydrogen-bond donors (Lipinski definition) is 1. The Hall–Kier alpha value is -4.80. The number of ether oxygens (including phenoxy) is 1. The topological polar surface area (TPSA) is 99.0 Å². The van der Waals surface area contributed by atoms with Crippen LogP contribution >= 0.6 is 23.1 Å². The second-order valence-electron chi connectivity index (χ2n) is 10.0. The highest BCUT2D eigenvalue weighted by molar-refractivity contribution is 7.99. The van der Waals surface area contributed by atoms with Gasteiger partial charge in [0.2, 0.25) is 5.91 Å². The molecule has 1 amide bonds. The van der Waals surface area contributed by atoms with E-state index in [0.29, 0.717) is 28.1 Å². The highest BCUT2D eigenvalue weighted by Gasteiger charge is 2.23. The number of thiophene rings is 1.